The summed E-state index contributed by atoms with van der Waals surface area (Å²) in [7, 11) is 1.76. The Morgan fingerprint density at radius 1 is 1.36 bits per heavy atom. The number of anilines is 1. The highest BCUT2D eigenvalue weighted by molar-refractivity contribution is 7.99. The monoisotopic (exact) mass is 362 g/mol. The Morgan fingerprint density at radius 2 is 2.24 bits per heavy atom. The number of likely N-dealkylation sites (tertiary alicyclic amines) is 1. The van der Waals surface area contributed by atoms with E-state index < -0.39 is 0 Å². The molecule has 1 spiro atoms. The maximum absolute atomic E-state index is 12.9. The number of amides is 1. The first-order valence-corrected chi connectivity index (χ1v) is 10.1. The lowest BCUT2D eigenvalue weighted by atomic mass is 9.86. The van der Waals surface area contributed by atoms with Crippen LogP contribution in [-0.4, -0.2) is 68.2 Å². The predicted octanol–water partition coefficient (Wildman–Crippen LogP) is 2.40. The lowest BCUT2D eigenvalue weighted by Crippen LogP contribution is -2.57. The number of carbonyl (C=O) groups is 1. The zero-order valence-electron chi connectivity index (χ0n) is 14.8. The van der Waals surface area contributed by atoms with Crippen LogP contribution < -0.4 is 4.90 Å². The molecule has 1 amide bonds. The van der Waals surface area contributed by atoms with Crippen molar-refractivity contribution in [2.45, 2.75) is 35.9 Å². The number of carbonyl (C=O) groups excluding carboxylic acids is 1. The fraction of sp³-hybridized carbons (Fsp3) is 0.632. The van der Waals surface area contributed by atoms with Crippen LogP contribution in [0.15, 0.2) is 29.2 Å². The molecule has 0 bridgehead atoms. The highest BCUT2D eigenvalue weighted by Crippen LogP contribution is 2.38. The number of thioether (sulfide) groups is 1. The topological polar surface area (TPSA) is 42.0 Å². The molecule has 0 radical (unpaired) electrons. The third-order valence-electron chi connectivity index (χ3n) is 5.67. The molecule has 3 aliphatic rings. The second kappa shape index (κ2) is 7.27. The van der Waals surface area contributed by atoms with E-state index in [2.05, 4.69) is 17.0 Å². The molecule has 0 saturated carbocycles. The second-order valence-electron chi connectivity index (χ2n) is 7.09. The average Bonchev–Trinajstić information content (AvgIpc) is 3.12. The largest absolute Gasteiger partial charge is 0.377 e. The molecule has 0 unspecified atom stereocenters. The van der Waals surface area contributed by atoms with E-state index in [9.17, 15) is 4.79 Å². The van der Waals surface area contributed by atoms with Crippen LogP contribution in [0.2, 0.25) is 0 Å². The van der Waals surface area contributed by atoms with Gasteiger partial charge in [0.05, 0.1) is 23.9 Å². The zero-order chi connectivity index (χ0) is 17.3. The highest BCUT2D eigenvalue weighted by atomic mass is 32.2. The van der Waals surface area contributed by atoms with Crippen molar-refractivity contribution in [3.05, 3.63) is 24.3 Å². The molecule has 4 rings (SSSR count). The molecule has 5 nitrogen and oxygen atoms in total. The summed E-state index contributed by atoms with van der Waals surface area (Å²) in [6.07, 6.45) is 3.19. The molecule has 2 saturated heterocycles. The molecule has 3 aliphatic heterocycles. The van der Waals surface area contributed by atoms with Gasteiger partial charge in [0.25, 0.3) is 0 Å². The minimum absolute atomic E-state index is 0.0562. The van der Waals surface area contributed by atoms with Crippen molar-refractivity contribution in [3.8, 4) is 0 Å². The van der Waals surface area contributed by atoms with Crippen LogP contribution in [0.1, 0.15) is 19.3 Å². The number of hydrogen-bond donors (Lipinski definition) is 0. The van der Waals surface area contributed by atoms with E-state index >= 15 is 0 Å². The number of fused-ring (bicyclic) bond motifs is 1. The van der Waals surface area contributed by atoms with Gasteiger partial charge < -0.3 is 14.4 Å². The number of hydrogen-bond acceptors (Lipinski definition) is 5. The highest BCUT2D eigenvalue weighted by Gasteiger charge is 2.47. The molecule has 1 aromatic rings. The van der Waals surface area contributed by atoms with Gasteiger partial charge in [0.2, 0.25) is 5.91 Å². The van der Waals surface area contributed by atoms with Crippen molar-refractivity contribution in [2.24, 2.45) is 0 Å². The molecular weight excluding hydrogens is 336 g/mol. The van der Waals surface area contributed by atoms with Crippen molar-refractivity contribution in [2.75, 3.05) is 50.5 Å². The van der Waals surface area contributed by atoms with Crippen LogP contribution in [-0.2, 0) is 14.3 Å². The Bertz CT molecular complexity index is 633. The van der Waals surface area contributed by atoms with Crippen LogP contribution in [0, 0.1) is 0 Å². The van der Waals surface area contributed by atoms with Gasteiger partial charge in [-0.25, -0.2) is 0 Å². The summed E-state index contributed by atoms with van der Waals surface area (Å²) in [6, 6.07) is 8.19. The van der Waals surface area contributed by atoms with Crippen molar-refractivity contribution < 1.29 is 14.3 Å². The zero-order valence-corrected chi connectivity index (χ0v) is 15.6. The Kier molecular flexibility index (Phi) is 5.04. The maximum Gasteiger partial charge on any atom is 0.241 e. The molecule has 3 heterocycles. The normalized spacial score (nSPS) is 29.8. The van der Waals surface area contributed by atoms with Gasteiger partial charge >= 0.3 is 0 Å². The Balaban J connectivity index is 1.42. The van der Waals surface area contributed by atoms with E-state index in [0.29, 0.717) is 6.54 Å². The number of para-hydroxylation sites is 1. The van der Waals surface area contributed by atoms with Gasteiger partial charge in [0.1, 0.15) is 0 Å². The molecule has 136 valence electrons. The number of rotatable bonds is 3. The number of ether oxygens (including phenoxy) is 2. The van der Waals surface area contributed by atoms with Gasteiger partial charge in [-0.2, -0.15) is 0 Å². The van der Waals surface area contributed by atoms with Crippen molar-refractivity contribution in [1.82, 2.24) is 4.90 Å². The fourth-order valence-electron chi connectivity index (χ4n) is 4.31. The van der Waals surface area contributed by atoms with Crippen LogP contribution in [0.25, 0.3) is 0 Å². The number of piperidine rings is 1. The second-order valence-corrected chi connectivity index (χ2v) is 8.22. The summed E-state index contributed by atoms with van der Waals surface area (Å²) in [6.45, 7) is 3.74. The van der Waals surface area contributed by atoms with Crippen molar-refractivity contribution in [1.29, 1.82) is 0 Å². The van der Waals surface area contributed by atoms with Crippen molar-refractivity contribution >= 4 is 23.4 Å². The molecular formula is C19H26N2O3S. The van der Waals surface area contributed by atoms with Crippen molar-refractivity contribution in [3.63, 3.8) is 0 Å². The minimum Gasteiger partial charge on any atom is -0.377 e. The summed E-state index contributed by atoms with van der Waals surface area (Å²) < 4.78 is 11.8. The molecule has 0 aromatic heterocycles. The predicted molar refractivity (Wildman–Crippen MR) is 99.3 cm³/mol. The molecule has 2 atom stereocenters. The summed E-state index contributed by atoms with van der Waals surface area (Å²) >= 11 is 1.83. The van der Waals surface area contributed by atoms with Gasteiger partial charge in [0.15, 0.2) is 0 Å². The Labute approximate surface area is 153 Å². The third-order valence-corrected chi connectivity index (χ3v) is 6.71. The van der Waals surface area contributed by atoms with Crippen LogP contribution >= 0.6 is 11.8 Å². The molecule has 0 N–H and O–H groups in total. The average molecular weight is 362 g/mol. The Hall–Kier alpha value is -1.08. The summed E-state index contributed by atoms with van der Waals surface area (Å²) in [5, 5.41) is 0. The van der Waals surface area contributed by atoms with Crippen LogP contribution in [0.4, 0.5) is 5.69 Å². The Morgan fingerprint density at radius 3 is 3.04 bits per heavy atom. The van der Waals surface area contributed by atoms with E-state index in [1.807, 2.05) is 28.8 Å². The molecule has 1 aromatic carbocycles. The maximum atomic E-state index is 12.9. The van der Waals surface area contributed by atoms with Crippen LogP contribution in [0.3, 0.4) is 0 Å². The van der Waals surface area contributed by atoms with Gasteiger partial charge in [-0.3, -0.25) is 9.69 Å². The first kappa shape index (κ1) is 17.3. The number of benzene rings is 1. The number of nitrogens with zero attached hydrogens (tertiary/aromatic N) is 2. The molecule has 6 heteroatoms. The number of methoxy groups -OCH3 is 1. The van der Waals surface area contributed by atoms with Crippen LogP contribution in [0.5, 0.6) is 0 Å². The quantitative estimate of drug-likeness (QED) is 0.826. The minimum atomic E-state index is -0.122. The lowest BCUT2D eigenvalue weighted by Gasteiger charge is -2.44. The summed E-state index contributed by atoms with van der Waals surface area (Å²) in [5.41, 5.74) is 0.933. The third kappa shape index (κ3) is 3.33. The van der Waals surface area contributed by atoms with E-state index in [-0.39, 0.29) is 17.6 Å². The standard InChI is InChI=1S/C19H26N2O3S/c1-23-17-13-20(9-8-19(17)7-4-11-24-19)14-18(22)21-10-12-25-16-6-3-2-5-15(16)21/h2-3,5-6,17H,4,7-14H2,1H3/t17-,19-/m0/s1. The van der Waals surface area contributed by atoms with Gasteiger partial charge in [-0.1, -0.05) is 12.1 Å². The SMILES string of the molecule is CO[C@H]1CN(CC(=O)N2CCSc3ccccc32)CC[C@@]12CCCO2. The van der Waals surface area contributed by atoms with E-state index in [1.165, 1.54) is 4.90 Å². The first-order chi connectivity index (χ1) is 12.2. The smallest absolute Gasteiger partial charge is 0.241 e. The first-order valence-electron chi connectivity index (χ1n) is 9.13. The molecule has 25 heavy (non-hydrogen) atoms. The lowest BCUT2D eigenvalue weighted by molar-refractivity contribution is -0.146. The van der Waals surface area contributed by atoms with Gasteiger partial charge in [0, 0.05) is 44.0 Å². The van der Waals surface area contributed by atoms with Gasteiger partial charge in [-0.15, -0.1) is 11.8 Å². The van der Waals surface area contributed by atoms with E-state index in [1.54, 1.807) is 7.11 Å². The van der Waals surface area contributed by atoms with E-state index in [4.69, 9.17) is 9.47 Å². The van der Waals surface area contributed by atoms with E-state index in [0.717, 1.165) is 56.9 Å². The van der Waals surface area contributed by atoms with Gasteiger partial charge in [-0.05, 0) is 31.4 Å². The molecule has 2 fully saturated rings. The summed E-state index contributed by atoms with van der Waals surface area (Å²) in [5.74, 6) is 1.14. The fourth-order valence-corrected chi connectivity index (χ4v) is 5.30. The summed E-state index contributed by atoms with van der Waals surface area (Å²) in [4.78, 5) is 18.3. The molecule has 0 aliphatic carbocycles.